The zero-order valence-corrected chi connectivity index (χ0v) is 10.7. The van der Waals surface area contributed by atoms with Crippen molar-refractivity contribution in [1.82, 2.24) is 4.98 Å². The van der Waals surface area contributed by atoms with Crippen molar-refractivity contribution in [3.63, 3.8) is 0 Å². The lowest BCUT2D eigenvalue weighted by atomic mass is 10.0. The monoisotopic (exact) mass is 242 g/mol. The Labute approximate surface area is 108 Å². The molecule has 1 unspecified atom stereocenters. The van der Waals surface area contributed by atoms with E-state index in [-0.39, 0.29) is 12.1 Å². The molecule has 0 spiro atoms. The van der Waals surface area contributed by atoms with E-state index in [9.17, 15) is 0 Å². The second-order valence-corrected chi connectivity index (χ2v) is 4.50. The van der Waals surface area contributed by atoms with Crippen LogP contribution in [0.5, 0.6) is 5.75 Å². The minimum absolute atomic E-state index is 0.162. The lowest BCUT2D eigenvalue weighted by molar-refractivity contribution is 0.242. The molecule has 2 N–H and O–H groups in total. The molecule has 0 fully saturated rings. The molecule has 3 heteroatoms. The number of rotatable bonds is 4. The average Bonchev–Trinajstić information content (AvgIpc) is 2.38. The third-order valence-corrected chi connectivity index (χ3v) is 2.63. The summed E-state index contributed by atoms with van der Waals surface area (Å²) in [5.41, 5.74) is 8.25. The van der Waals surface area contributed by atoms with E-state index in [2.05, 4.69) is 4.98 Å². The van der Waals surface area contributed by atoms with Gasteiger partial charge in [0.1, 0.15) is 5.75 Å². The van der Waals surface area contributed by atoms with E-state index in [0.29, 0.717) is 0 Å². The summed E-state index contributed by atoms with van der Waals surface area (Å²) in [6, 6.07) is 11.6. The number of ether oxygens (including phenoxy) is 1. The van der Waals surface area contributed by atoms with E-state index in [1.807, 2.05) is 50.2 Å². The number of aromatic nitrogens is 1. The topological polar surface area (TPSA) is 48.1 Å². The van der Waals surface area contributed by atoms with Gasteiger partial charge in [-0.2, -0.15) is 0 Å². The minimum Gasteiger partial charge on any atom is -0.491 e. The maximum atomic E-state index is 6.22. The molecule has 1 atom stereocenters. The predicted octanol–water partition coefficient (Wildman–Crippen LogP) is 2.92. The second-order valence-electron chi connectivity index (χ2n) is 4.50. The lowest BCUT2D eigenvalue weighted by Gasteiger charge is -2.15. The van der Waals surface area contributed by atoms with Crippen molar-refractivity contribution in [3.8, 4) is 5.75 Å². The first kappa shape index (κ1) is 12.6. The first-order valence-electron chi connectivity index (χ1n) is 6.09. The molecule has 0 amide bonds. The summed E-state index contributed by atoms with van der Waals surface area (Å²) in [6.07, 6.45) is 3.70. The van der Waals surface area contributed by atoms with Crippen LogP contribution < -0.4 is 10.5 Å². The molecule has 0 radical (unpaired) electrons. The number of benzene rings is 1. The highest BCUT2D eigenvalue weighted by atomic mass is 16.5. The molecule has 1 aromatic heterocycles. The molecule has 0 aliphatic carbocycles. The molecule has 0 saturated carbocycles. The maximum absolute atomic E-state index is 6.22. The van der Waals surface area contributed by atoms with E-state index in [0.717, 1.165) is 16.9 Å². The van der Waals surface area contributed by atoms with Crippen LogP contribution in [-0.2, 0) is 0 Å². The van der Waals surface area contributed by atoms with Gasteiger partial charge in [-0.1, -0.05) is 18.2 Å². The normalized spacial score (nSPS) is 12.4. The maximum Gasteiger partial charge on any atom is 0.120 e. The first-order chi connectivity index (χ1) is 8.66. The van der Waals surface area contributed by atoms with Gasteiger partial charge in [-0.15, -0.1) is 0 Å². The van der Waals surface area contributed by atoms with Crippen molar-refractivity contribution in [3.05, 3.63) is 59.9 Å². The number of hydrogen-bond donors (Lipinski definition) is 1. The van der Waals surface area contributed by atoms with Gasteiger partial charge in [0.15, 0.2) is 0 Å². The van der Waals surface area contributed by atoms with Crippen LogP contribution in [0.4, 0.5) is 0 Å². The van der Waals surface area contributed by atoms with Crippen molar-refractivity contribution < 1.29 is 4.74 Å². The summed E-state index contributed by atoms with van der Waals surface area (Å²) >= 11 is 0. The van der Waals surface area contributed by atoms with Gasteiger partial charge in [-0.05, 0) is 43.2 Å². The summed E-state index contributed by atoms with van der Waals surface area (Å²) in [5, 5.41) is 0. The molecule has 94 valence electrons. The third-order valence-electron chi connectivity index (χ3n) is 2.63. The summed E-state index contributed by atoms with van der Waals surface area (Å²) < 4.78 is 5.67. The molecule has 1 aromatic carbocycles. The SMILES string of the molecule is CC(C)Oc1cccc(C(N)c2cccnc2)c1. The minimum atomic E-state index is -0.172. The van der Waals surface area contributed by atoms with Crippen LogP contribution >= 0.6 is 0 Å². The lowest BCUT2D eigenvalue weighted by Crippen LogP contribution is -2.12. The van der Waals surface area contributed by atoms with Crippen LogP contribution in [0, 0.1) is 0 Å². The van der Waals surface area contributed by atoms with Gasteiger partial charge >= 0.3 is 0 Å². The second kappa shape index (κ2) is 5.65. The molecule has 2 aromatic rings. The van der Waals surface area contributed by atoms with E-state index in [4.69, 9.17) is 10.5 Å². The smallest absolute Gasteiger partial charge is 0.120 e. The molecule has 0 bridgehead atoms. The van der Waals surface area contributed by atoms with Gasteiger partial charge in [-0.3, -0.25) is 4.98 Å². The van der Waals surface area contributed by atoms with Crippen LogP contribution in [-0.4, -0.2) is 11.1 Å². The fourth-order valence-electron chi connectivity index (χ4n) is 1.81. The molecule has 0 aliphatic heterocycles. The molecule has 3 nitrogen and oxygen atoms in total. The predicted molar refractivity (Wildman–Crippen MR) is 72.5 cm³/mol. The van der Waals surface area contributed by atoms with Crippen LogP contribution in [0.15, 0.2) is 48.8 Å². The first-order valence-corrected chi connectivity index (χ1v) is 6.09. The van der Waals surface area contributed by atoms with Crippen molar-refractivity contribution >= 4 is 0 Å². The quantitative estimate of drug-likeness (QED) is 0.896. The van der Waals surface area contributed by atoms with Crippen molar-refractivity contribution in [2.75, 3.05) is 0 Å². The zero-order valence-electron chi connectivity index (χ0n) is 10.7. The Morgan fingerprint density at radius 3 is 2.56 bits per heavy atom. The molecule has 2 rings (SSSR count). The fraction of sp³-hybridized carbons (Fsp3) is 0.267. The molecular formula is C15H18N2O. The number of hydrogen-bond acceptors (Lipinski definition) is 3. The molecule has 18 heavy (non-hydrogen) atoms. The van der Waals surface area contributed by atoms with Gasteiger partial charge in [-0.25, -0.2) is 0 Å². The highest BCUT2D eigenvalue weighted by molar-refractivity contribution is 5.35. The highest BCUT2D eigenvalue weighted by Crippen LogP contribution is 2.23. The summed E-state index contributed by atoms with van der Waals surface area (Å²) in [4.78, 5) is 4.09. The third kappa shape index (κ3) is 3.08. The molecule has 1 heterocycles. The van der Waals surface area contributed by atoms with Crippen molar-refractivity contribution in [2.24, 2.45) is 5.73 Å². The Morgan fingerprint density at radius 1 is 1.11 bits per heavy atom. The molecule has 0 aliphatic rings. The Bertz CT molecular complexity index is 497. The molecular weight excluding hydrogens is 224 g/mol. The summed E-state index contributed by atoms with van der Waals surface area (Å²) in [7, 11) is 0. The fourth-order valence-corrected chi connectivity index (χ4v) is 1.81. The van der Waals surface area contributed by atoms with Crippen LogP contribution in [0.3, 0.4) is 0 Å². The van der Waals surface area contributed by atoms with E-state index < -0.39 is 0 Å². The van der Waals surface area contributed by atoms with Gasteiger partial charge < -0.3 is 10.5 Å². The van der Waals surface area contributed by atoms with Gasteiger partial charge in [0, 0.05) is 12.4 Å². The van der Waals surface area contributed by atoms with Crippen molar-refractivity contribution in [2.45, 2.75) is 26.0 Å². The number of nitrogens with two attached hydrogens (primary N) is 1. The van der Waals surface area contributed by atoms with Crippen LogP contribution in [0.25, 0.3) is 0 Å². The Balaban J connectivity index is 2.23. The number of pyridine rings is 1. The average molecular weight is 242 g/mol. The van der Waals surface area contributed by atoms with E-state index >= 15 is 0 Å². The highest BCUT2D eigenvalue weighted by Gasteiger charge is 2.09. The van der Waals surface area contributed by atoms with Crippen LogP contribution in [0.1, 0.15) is 31.0 Å². The zero-order chi connectivity index (χ0) is 13.0. The van der Waals surface area contributed by atoms with Gasteiger partial charge in [0.05, 0.1) is 12.1 Å². The summed E-state index contributed by atoms with van der Waals surface area (Å²) in [5.74, 6) is 0.849. The van der Waals surface area contributed by atoms with Crippen molar-refractivity contribution in [1.29, 1.82) is 0 Å². The number of nitrogens with zero attached hydrogens (tertiary/aromatic N) is 1. The van der Waals surface area contributed by atoms with Gasteiger partial charge in [0.2, 0.25) is 0 Å². The standard InChI is InChI=1S/C15H18N2O/c1-11(2)18-14-7-3-5-12(9-14)15(16)13-6-4-8-17-10-13/h3-11,15H,16H2,1-2H3. The van der Waals surface area contributed by atoms with Gasteiger partial charge in [0.25, 0.3) is 0 Å². The largest absolute Gasteiger partial charge is 0.491 e. The summed E-state index contributed by atoms with van der Waals surface area (Å²) in [6.45, 7) is 4.02. The Hall–Kier alpha value is -1.87. The molecule has 0 saturated heterocycles. The van der Waals surface area contributed by atoms with E-state index in [1.54, 1.807) is 12.4 Å². The van der Waals surface area contributed by atoms with E-state index in [1.165, 1.54) is 0 Å². The Kier molecular flexibility index (Phi) is 3.95. The Morgan fingerprint density at radius 2 is 1.89 bits per heavy atom. The van der Waals surface area contributed by atoms with Crippen LogP contribution in [0.2, 0.25) is 0 Å².